The number of aromatic nitrogens is 7. The van der Waals surface area contributed by atoms with Crippen LogP contribution in [0.4, 0.5) is 0 Å². The third kappa shape index (κ3) is 3.16. The molecule has 0 unspecified atom stereocenters. The highest BCUT2D eigenvalue weighted by Gasteiger charge is 2.14. The average molecular weight is 349 g/mol. The number of fused-ring (bicyclic) bond motifs is 1. The fourth-order valence-corrected chi connectivity index (χ4v) is 3.32. The maximum Gasteiger partial charge on any atom is 0.233 e. The van der Waals surface area contributed by atoms with Gasteiger partial charge in [0.05, 0.1) is 5.69 Å². The third-order valence-corrected chi connectivity index (χ3v) is 4.60. The molecule has 4 heterocycles. The van der Waals surface area contributed by atoms with E-state index in [-0.39, 0.29) is 0 Å². The summed E-state index contributed by atoms with van der Waals surface area (Å²) in [4.78, 5) is 12.8. The molecule has 0 atom stereocenters. The zero-order chi connectivity index (χ0) is 17.1. The third-order valence-electron chi connectivity index (χ3n) is 3.60. The molecular weight excluding hydrogens is 334 g/mol. The van der Waals surface area contributed by atoms with Crippen LogP contribution < -0.4 is 0 Å². The van der Waals surface area contributed by atoms with Gasteiger partial charge in [-0.2, -0.15) is 0 Å². The van der Waals surface area contributed by atoms with Gasteiger partial charge in [-0.1, -0.05) is 17.8 Å². The lowest BCUT2D eigenvalue weighted by atomic mass is 10.2. The predicted molar refractivity (Wildman–Crippen MR) is 96.0 cm³/mol. The van der Waals surface area contributed by atoms with E-state index in [0.29, 0.717) is 18.1 Å². The molecule has 0 aliphatic rings. The van der Waals surface area contributed by atoms with Crippen molar-refractivity contribution in [2.24, 2.45) is 0 Å². The fourth-order valence-electron chi connectivity index (χ4n) is 2.49. The normalized spacial score (nSPS) is 11.0. The molecule has 7 nitrogen and oxygen atoms in total. The van der Waals surface area contributed by atoms with Crippen molar-refractivity contribution >= 4 is 17.5 Å². The van der Waals surface area contributed by atoms with E-state index in [1.54, 1.807) is 30.4 Å². The molecule has 0 aliphatic carbocycles. The van der Waals surface area contributed by atoms with Crippen LogP contribution >= 0.6 is 11.8 Å². The van der Waals surface area contributed by atoms with Crippen LogP contribution in [-0.4, -0.2) is 34.1 Å². The molecule has 0 saturated heterocycles. The number of nitrogens with zero attached hydrogens (tertiary/aromatic N) is 7. The minimum atomic E-state index is 0.639. The Morgan fingerprint density at radius 3 is 2.84 bits per heavy atom. The molecule has 0 fully saturated rings. The first kappa shape index (κ1) is 15.5. The summed E-state index contributed by atoms with van der Waals surface area (Å²) in [5.41, 5.74) is 1.93. The van der Waals surface area contributed by atoms with Crippen molar-refractivity contribution in [3.8, 4) is 11.4 Å². The first-order chi connectivity index (χ1) is 12.3. The minimum absolute atomic E-state index is 0.639. The van der Waals surface area contributed by atoms with Crippen molar-refractivity contribution in [2.45, 2.75) is 17.5 Å². The van der Waals surface area contributed by atoms with Gasteiger partial charge >= 0.3 is 0 Å². The molecule has 0 amide bonds. The molecule has 4 aromatic rings. The van der Waals surface area contributed by atoms with Crippen molar-refractivity contribution < 1.29 is 0 Å². The second-order valence-electron chi connectivity index (χ2n) is 5.29. The van der Waals surface area contributed by atoms with Gasteiger partial charge in [0, 0.05) is 48.8 Å². The first-order valence-electron chi connectivity index (χ1n) is 7.71. The Morgan fingerprint density at radius 2 is 2.04 bits per heavy atom. The molecule has 0 aliphatic heterocycles. The van der Waals surface area contributed by atoms with Crippen molar-refractivity contribution in [1.82, 2.24) is 34.1 Å². The molecule has 0 bridgehead atoms. The van der Waals surface area contributed by atoms with Crippen LogP contribution in [0.2, 0.25) is 0 Å². The Bertz CT molecular complexity index is 973. The predicted octanol–water partition coefficient (Wildman–Crippen LogP) is 2.86. The molecule has 0 N–H and O–H groups in total. The smallest absolute Gasteiger partial charge is 0.233 e. The summed E-state index contributed by atoms with van der Waals surface area (Å²) in [7, 11) is 0. The van der Waals surface area contributed by atoms with Gasteiger partial charge in [-0.15, -0.1) is 16.8 Å². The van der Waals surface area contributed by atoms with Crippen LogP contribution in [0.5, 0.6) is 0 Å². The largest absolute Gasteiger partial charge is 0.298 e. The molecule has 0 radical (unpaired) electrons. The van der Waals surface area contributed by atoms with Gasteiger partial charge in [0.25, 0.3) is 0 Å². The summed E-state index contributed by atoms with van der Waals surface area (Å²) in [5.74, 6) is 2.19. The summed E-state index contributed by atoms with van der Waals surface area (Å²) in [6, 6.07) is 5.73. The topological polar surface area (TPSA) is 73.8 Å². The van der Waals surface area contributed by atoms with E-state index in [9.17, 15) is 0 Å². The standard InChI is InChI=1S/C17H15N7S/c1-2-9-24-15(13-4-7-18-8-5-13)21-22-17(24)25-12-14-11-23-10-3-6-19-16(23)20-14/h2-8,10-11H,1,9,12H2. The van der Waals surface area contributed by atoms with E-state index in [1.165, 1.54) is 0 Å². The highest BCUT2D eigenvalue weighted by Crippen LogP contribution is 2.26. The fraction of sp³-hybridized carbons (Fsp3) is 0.118. The van der Waals surface area contributed by atoms with Gasteiger partial charge in [-0.05, 0) is 18.2 Å². The van der Waals surface area contributed by atoms with Crippen LogP contribution in [0.25, 0.3) is 17.2 Å². The summed E-state index contributed by atoms with van der Waals surface area (Å²) in [6.07, 6.45) is 11.0. The number of allylic oxidation sites excluding steroid dienone is 1. The quantitative estimate of drug-likeness (QED) is 0.394. The van der Waals surface area contributed by atoms with Crippen molar-refractivity contribution in [3.63, 3.8) is 0 Å². The second kappa shape index (κ2) is 6.86. The molecule has 124 valence electrons. The number of hydrogen-bond donors (Lipinski definition) is 0. The van der Waals surface area contributed by atoms with E-state index < -0.39 is 0 Å². The molecule has 8 heteroatoms. The number of imidazole rings is 1. The van der Waals surface area contributed by atoms with Crippen LogP contribution in [0, 0.1) is 0 Å². The van der Waals surface area contributed by atoms with E-state index >= 15 is 0 Å². The van der Waals surface area contributed by atoms with E-state index in [4.69, 9.17) is 0 Å². The highest BCUT2D eigenvalue weighted by molar-refractivity contribution is 7.98. The number of thioether (sulfide) groups is 1. The van der Waals surface area contributed by atoms with E-state index in [0.717, 1.165) is 22.2 Å². The number of pyridine rings is 1. The number of hydrogen-bond acceptors (Lipinski definition) is 6. The maximum absolute atomic E-state index is 4.51. The summed E-state index contributed by atoms with van der Waals surface area (Å²) in [5, 5.41) is 9.51. The zero-order valence-corrected chi connectivity index (χ0v) is 14.2. The van der Waals surface area contributed by atoms with E-state index in [1.807, 2.05) is 45.6 Å². The van der Waals surface area contributed by atoms with Crippen molar-refractivity contribution in [2.75, 3.05) is 0 Å². The van der Waals surface area contributed by atoms with Gasteiger partial charge in [0.15, 0.2) is 11.0 Å². The van der Waals surface area contributed by atoms with E-state index in [2.05, 4.69) is 31.7 Å². The lowest BCUT2D eigenvalue weighted by molar-refractivity contribution is 0.731. The monoisotopic (exact) mass is 349 g/mol. The molecule has 0 aromatic carbocycles. The Kier molecular flexibility index (Phi) is 4.26. The molecular formula is C17H15N7S. The minimum Gasteiger partial charge on any atom is -0.298 e. The van der Waals surface area contributed by atoms with Crippen LogP contribution in [0.3, 0.4) is 0 Å². The van der Waals surface area contributed by atoms with Crippen LogP contribution in [-0.2, 0) is 12.3 Å². The Morgan fingerprint density at radius 1 is 1.16 bits per heavy atom. The zero-order valence-electron chi connectivity index (χ0n) is 13.4. The Labute approximate surface area is 148 Å². The lowest BCUT2D eigenvalue weighted by Crippen LogP contribution is -2.00. The van der Waals surface area contributed by atoms with Crippen molar-refractivity contribution in [1.29, 1.82) is 0 Å². The molecule has 4 rings (SSSR count). The summed E-state index contributed by atoms with van der Waals surface area (Å²) >= 11 is 1.59. The van der Waals surface area contributed by atoms with Gasteiger partial charge in [0.2, 0.25) is 5.78 Å². The Balaban J connectivity index is 1.59. The first-order valence-corrected chi connectivity index (χ1v) is 8.69. The molecule has 25 heavy (non-hydrogen) atoms. The van der Waals surface area contributed by atoms with Gasteiger partial charge in [-0.25, -0.2) is 9.97 Å². The maximum atomic E-state index is 4.51. The van der Waals surface area contributed by atoms with Crippen LogP contribution in [0.15, 0.2) is 67.0 Å². The SMILES string of the molecule is C=CCn1c(SCc2cn3cccnc3n2)nnc1-c1ccncc1. The Hall–Kier alpha value is -3.00. The second-order valence-corrected chi connectivity index (χ2v) is 6.23. The lowest BCUT2D eigenvalue weighted by Gasteiger charge is -2.06. The average Bonchev–Trinajstić information content (AvgIpc) is 3.24. The summed E-state index contributed by atoms with van der Waals surface area (Å²) < 4.78 is 3.95. The van der Waals surface area contributed by atoms with Gasteiger partial charge in [0.1, 0.15) is 0 Å². The van der Waals surface area contributed by atoms with Gasteiger partial charge < -0.3 is 0 Å². The highest BCUT2D eigenvalue weighted by atomic mass is 32.2. The molecule has 0 spiro atoms. The summed E-state index contributed by atoms with van der Waals surface area (Å²) in [6.45, 7) is 4.48. The van der Waals surface area contributed by atoms with Crippen molar-refractivity contribution in [3.05, 3.63) is 67.5 Å². The van der Waals surface area contributed by atoms with Gasteiger partial charge in [-0.3, -0.25) is 14.0 Å². The molecule has 0 saturated carbocycles. The van der Waals surface area contributed by atoms with Crippen LogP contribution in [0.1, 0.15) is 5.69 Å². The molecule has 4 aromatic heterocycles. The number of rotatable bonds is 6.